The fourth-order valence-corrected chi connectivity index (χ4v) is 4.18. The van der Waals surface area contributed by atoms with Crippen LogP contribution >= 0.6 is 0 Å². The molecule has 0 aliphatic heterocycles. The molecule has 1 aromatic rings. The molecule has 0 saturated heterocycles. The minimum absolute atomic E-state index is 0.0232. The summed E-state index contributed by atoms with van der Waals surface area (Å²) in [6.45, 7) is 10.4. The molecule has 0 amide bonds. The van der Waals surface area contributed by atoms with Gasteiger partial charge in [0.1, 0.15) is 0 Å². The second-order valence-electron chi connectivity index (χ2n) is 6.78. The molecule has 1 rings (SSSR count). The Morgan fingerprint density at radius 2 is 1.52 bits per heavy atom. The zero-order valence-electron chi connectivity index (χ0n) is 16.0. The van der Waals surface area contributed by atoms with Crippen molar-refractivity contribution in [3.8, 4) is 0 Å². The van der Waals surface area contributed by atoms with Gasteiger partial charge in [-0.1, -0.05) is 5.57 Å². The molecule has 0 spiro atoms. The standard InChI is InChI=1S/C23H32OSe/c1-19(2)11-8-12-20(3)13-9-14-21(4)15-10-18-23(24)25-22-16-6-5-7-17-22/h5-7,12,14,16-17H,1,8-11,13,15,18H2,2-4H3/b20-12+,21-14-. The molecule has 1 nitrogen and oxygen atoms in total. The third kappa shape index (κ3) is 11.7. The number of hydrogen-bond donors (Lipinski definition) is 0. The van der Waals surface area contributed by atoms with Crippen LogP contribution < -0.4 is 4.46 Å². The Kier molecular flexibility index (Phi) is 11.2. The molecule has 0 aromatic heterocycles. The van der Waals surface area contributed by atoms with E-state index >= 15 is 0 Å². The van der Waals surface area contributed by atoms with Crippen molar-refractivity contribution >= 4 is 24.1 Å². The summed E-state index contributed by atoms with van der Waals surface area (Å²) in [5.74, 6) is 0. The van der Waals surface area contributed by atoms with Crippen molar-refractivity contribution < 1.29 is 4.79 Å². The zero-order valence-corrected chi connectivity index (χ0v) is 17.7. The van der Waals surface area contributed by atoms with E-state index in [2.05, 4.69) is 51.6 Å². The summed E-state index contributed by atoms with van der Waals surface area (Å²) in [4.78, 5) is 12.0. The van der Waals surface area contributed by atoms with E-state index in [4.69, 9.17) is 0 Å². The molecule has 0 fully saturated rings. The van der Waals surface area contributed by atoms with Gasteiger partial charge in [-0.15, -0.1) is 6.58 Å². The first-order valence-electron chi connectivity index (χ1n) is 9.18. The van der Waals surface area contributed by atoms with Crippen molar-refractivity contribution in [1.29, 1.82) is 0 Å². The van der Waals surface area contributed by atoms with Crippen LogP contribution in [-0.2, 0) is 4.79 Å². The number of carbonyl (C=O) groups is 1. The fourth-order valence-electron chi connectivity index (χ4n) is 2.50. The first-order valence-corrected chi connectivity index (χ1v) is 10.9. The Labute approximate surface area is 160 Å². The molecule has 0 atom stereocenters. The Balaban J connectivity index is 2.18. The van der Waals surface area contributed by atoms with Crippen LogP contribution in [0.3, 0.4) is 0 Å². The Morgan fingerprint density at radius 3 is 2.16 bits per heavy atom. The molecule has 0 unspecified atom stereocenters. The molecule has 0 bridgehead atoms. The maximum atomic E-state index is 12.0. The van der Waals surface area contributed by atoms with Crippen molar-refractivity contribution in [2.45, 2.75) is 65.7 Å². The summed E-state index contributed by atoms with van der Waals surface area (Å²) < 4.78 is 1.59. The molecule has 0 heterocycles. The quantitative estimate of drug-likeness (QED) is 0.321. The molecule has 25 heavy (non-hydrogen) atoms. The Bertz CT molecular complexity index is 596. The minimum atomic E-state index is -0.0232. The Hall–Kier alpha value is -1.37. The van der Waals surface area contributed by atoms with Crippen molar-refractivity contribution in [3.63, 3.8) is 0 Å². The Morgan fingerprint density at radius 1 is 0.920 bits per heavy atom. The predicted octanol–water partition coefficient (Wildman–Crippen LogP) is 5.74. The first-order chi connectivity index (χ1) is 12.0. The van der Waals surface area contributed by atoms with Crippen LogP contribution in [0.15, 0.2) is 65.8 Å². The second-order valence-corrected chi connectivity index (χ2v) is 9.15. The average Bonchev–Trinajstić information content (AvgIpc) is 2.55. The molecular weight excluding hydrogens is 371 g/mol. The van der Waals surface area contributed by atoms with Gasteiger partial charge in [-0.25, -0.2) is 0 Å². The molecule has 0 N–H and O–H groups in total. The van der Waals surface area contributed by atoms with Gasteiger partial charge < -0.3 is 0 Å². The fraction of sp³-hybridized carbons (Fsp3) is 0.435. The molecule has 136 valence electrons. The van der Waals surface area contributed by atoms with E-state index < -0.39 is 0 Å². The van der Waals surface area contributed by atoms with E-state index in [1.807, 2.05) is 18.2 Å². The SMILES string of the molecule is C=C(C)CC/C=C(\C)CC/C=C(/C)CCCC(=O)[Se]c1ccccc1. The summed E-state index contributed by atoms with van der Waals surface area (Å²) in [6.07, 6.45) is 11.8. The third-order valence-corrected chi connectivity index (χ3v) is 5.99. The van der Waals surface area contributed by atoms with E-state index in [0.29, 0.717) is 11.1 Å². The number of benzene rings is 1. The number of carbonyl (C=O) groups excluding carboxylic acids is 1. The zero-order chi connectivity index (χ0) is 18.5. The first kappa shape index (κ1) is 21.7. The van der Waals surface area contributed by atoms with Gasteiger partial charge in [0.2, 0.25) is 0 Å². The van der Waals surface area contributed by atoms with Crippen molar-refractivity contribution in [2.24, 2.45) is 0 Å². The molecule has 0 aliphatic rings. The van der Waals surface area contributed by atoms with E-state index in [0.717, 1.165) is 38.5 Å². The van der Waals surface area contributed by atoms with Gasteiger partial charge in [0, 0.05) is 0 Å². The van der Waals surface area contributed by atoms with Gasteiger partial charge in [-0.05, 0) is 6.92 Å². The molecule has 0 saturated carbocycles. The van der Waals surface area contributed by atoms with Crippen LogP contribution in [0.4, 0.5) is 0 Å². The normalized spacial score (nSPS) is 12.3. The average molecular weight is 403 g/mol. The van der Waals surface area contributed by atoms with Crippen molar-refractivity contribution in [2.75, 3.05) is 0 Å². The molecule has 2 heteroatoms. The van der Waals surface area contributed by atoms with Crippen LogP contribution in [0.1, 0.15) is 65.7 Å². The molecule has 1 aromatic carbocycles. The number of allylic oxidation sites excluding steroid dienone is 5. The van der Waals surface area contributed by atoms with Gasteiger partial charge in [0.15, 0.2) is 0 Å². The van der Waals surface area contributed by atoms with Crippen molar-refractivity contribution in [3.05, 3.63) is 65.8 Å². The van der Waals surface area contributed by atoms with Gasteiger partial charge >= 0.3 is 141 Å². The molecule has 0 aliphatic carbocycles. The van der Waals surface area contributed by atoms with Crippen molar-refractivity contribution in [1.82, 2.24) is 0 Å². The van der Waals surface area contributed by atoms with E-state index in [1.165, 1.54) is 21.2 Å². The van der Waals surface area contributed by atoms with E-state index in [-0.39, 0.29) is 15.0 Å². The third-order valence-electron chi connectivity index (χ3n) is 4.02. The van der Waals surface area contributed by atoms with Crippen LogP contribution in [0.5, 0.6) is 0 Å². The van der Waals surface area contributed by atoms with Crippen LogP contribution in [0, 0.1) is 0 Å². The van der Waals surface area contributed by atoms with Gasteiger partial charge in [-0.2, -0.15) is 0 Å². The van der Waals surface area contributed by atoms with Gasteiger partial charge in [0.25, 0.3) is 0 Å². The summed E-state index contributed by atoms with van der Waals surface area (Å²) in [5, 5.41) is 0. The summed E-state index contributed by atoms with van der Waals surface area (Å²) in [6, 6.07) is 10.1. The van der Waals surface area contributed by atoms with E-state index in [9.17, 15) is 4.79 Å². The van der Waals surface area contributed by atoms with E-state index in [1.54, 1.807) is 0 Å². The predicted molar refractivity (Wildman–Crippen MR) is 111 cm³/mol. The molecular formula is C23H32OSe. The summed E-state index contributed by atoms with van der Waals surface area (Å²) >= 11 is -0.0232. The van der Waals surface area contributed by atoms with Gasteiger partial charge in [-0.3, -0.25) is 0 Å². The topological polar surface area (TPSA) is 17.1 Å². The summed E-state index contributed by atoms with van der Waals surface area (Å²) in [7, 11) is 0. The second kappa shape index (κ2) is 12.9. The van der Waals surface area contributed by atoms with Gasteiger partial charge in [0.05, 0.1) is 0 Å². The molecule has 0 radical (unpaired) electrons. The summed E-state index contributed by atoms with van der Waals surface area (Å²) in [5.41, 5.74) is 4.13. The maximum absolute atomic E-state index is 12.0. The monoisotopic (exact) mass is 404 g/mol. The van der Waals surface area contributed by atoms with Crippen LogP contribution in [-0.4, -0.2) is 19.6 Å². The number of hydrogen-bond acceptors (Lipinski definition) is 1. The van der Waals surface area contributed by atoms with Crippen LogP contribution in [0.25, 0.3) is 0 Å². The number of rotatable bonds is 12. The van der Waals surface area contributed by atoms with Crippen LogP contribution in [0.2, 0.25) is 0 Å².